The van der Waals surface area contributed by atoms with Gasteiger partial charge in [0.1, 0.15) is 9.23 Å². The Kier molecular flexibility index (Phi) is 5.18. The second-order valence-corrected chi connectivity index (χ2v) is 8.28. The van der Waals surface area contributed by atoms with Crippen molar-refractivity contribution in [1.82, 2.24) is 8.54 Å². The zero-order chi connectivity index (χ0) is 18.2. The van der Waals surface area contributed by atoms with E-state index in [2.05, 4.69) is 9.73 Å². The summed E-state index contributed by atoms with van der Waals surface area (Å²) < 4.78 is 44.0. The zero-order valence-electron chi connectivity index (χ0n) is 12.0. The van der Waals surface area contributed by atoms with Crippen LogP contribution in [0.3, 0.4) is 0 Å². The fourth-order valence-corrected chi connectivity index (χ4v) is 5.04. The lowest BCUT2D eigenvalue weighted by Crippen LogP contribution is -2.42. The zero-order valence-corrected chi connectivity index (χ0v) is 15.1. The van der Waals surface area contributed by atoms with Crippen molar-refractivity contribution in [3.8, 4) is 0 Å². The summed E-state index contributed by atoms with van der Waals surface area (Å²) in [6.45, 7) is 0. The maximum absolute atomic E-state index is 14.1. The van der Waals surface area contributed by atoms with Crippen molar-refractivity contribution in [2.45, 2.75) is 4.90 Å². The SMILES string of the molecule is COC(=O)/N=c1\c(F)cn(S(=O)(=O)c2cc(Cl)sc2Cl)c(=O)n1C. The summed E-state index contributed by atoms with van der Waals surface area (Å²) in [4.78, 5) is 26.1. The molecule has 24 heavy (non-hydrogen) atoms. The first-order chi connectivity index (χ1) is 11.1. The Morgan fingerprint density at radius 2 is 2.04 bits per heavy atom. The summed E-state index contributed by atoms with van der Waals surface area (Å²) in [6, 6.07) is 1.04. The first-order valence-corrected chi connectivity index (χ1v) is 8.92. The van der Waals surface area contributed by atoms with E-state index in [4.69, 9.17) is 23.2 Å². The maximum Gasteiger partial charge on any atom is 0.435 e. The third-order valence-corrected chi connectivity index (χ3v) is 6.16. The first kappa shape index (κ1) is 18.6. The molecule has 0 radical (unpaired) electrons. The molecular weight excluding hydrogens is 408 g/mol. The van der Waals surface area contributed by atoms with Crippen LogP contribution in [0.15, 0.2) is 26.9 Å². The van der Waals surface area contributed by atoms with Crippen molar-refractivity contribution in [2.24, 2.45) is 12.0 Å². The molecule has 2 rings (SSSR count). The fraction of sp³-hybridized carbons (Fsp3) is 0.182. The molecule has 0 aliphatic rings. The van der Waals surface area contributed by atoms with Gasteiger partial charge in [-0.2, -0.15) is 8.96 Å². The molecule has 0 aliphatic carbocycles. The number of rotatable bonds is 2. The lowest BCUT2D eigenvalue weighted by atomic mass is 10.6. The summed E-state index contributed by atoms with van der Waals surface area (Å²) in [7, 11) is -2.44. The van der Waals surface area contributed by atoms with Crippen LogP contribution < -0.4 is 11.2 Å². The quantitative estimate of drug-likeness (QED) is 0.741. The predicted molar refractivity (Wildman–Crippen MR) is 84.5 cm³/mol. The number of carbonyl (C=O) groups is 1. The summed E-state index contributed by atoms with van der Waals surface area (Å²) in [6.07, 6.45) is -0.765. The average Bonchev–Trinajstić information content (AvgIpc) is 2.86. The van der Waals surface area contributed by atoms with Crippen molar-refractivity contribution in [3.63, 3.8) is 0 Å². The second-order valence-electron chi connectivity index (χ2n) is 4.21. The number of ether oxygens (including phenoxy) is 1. The fourth-order valence-electron chi connectivity index (χ4n) is 1.65. The minimum atomic E-state index is -4.50. The van der Waals surface area contributed by atoms with Gasteiger partial charge in [0.2, 0.25) is 0 Å². The molecule has 8 nitrogen and oxygen atoms in total. The van der Waals surface area contributed by atoms with Crippen LogP contribution in [-0.4, -0.2) is 30.2 Å². The molecule has 2 heterocycles. The molecule has 0 fully saturated rings. The molecule has 0 atom stereocenters. The van der Waals surface area contributed by atoms with Crippen LogP contribution >= 0.6 is 34.5 Å². The number of amides is 1. The Balaban J connectivity index is 2.79. The number of methoxy groups -OCH3 is 1. The third-order valence-electron chi connectivity index (χ3n) is 2.77. The molecule has 0 spiro atoms. The van der Waals surface area contributed by atoms with Crippen LogP contribution in [0, 0.1) is 5.82 Å². The van der Waals surface area contributed by atoms with Crippen molar-refractivity contribution in [2.75, 3.05) is 7.11 Å². The molecule has 130 valence electrons. The Bertz CT molecular complexity index is 1050. The van der Waals surface area contributed by atoms with Crippen LogP contribution in [0.1, 0.15) is 0 Å². The number of carbonyl (C=O) groups excluding carboxylic acids is 1. The third kappa shape index (κ3) is 3.24. The van der Waals surface area contributed by atoms with E-state index in [1.54, 1.807) is 0 Å². The van der Waals surface area contributed by atoms with Gasteiger partial charge < -0.3 is 4.74 Å². The molecular formula is C11H8Cl2FN3O5S2. The van der Waals surface area contributed by atoms with Gasteiger partial charge in [0, 0.05) is 7.05 Å². The number of nitrogens with zero attached hydrogens (tertiary/aromatic N) is 3. The number of aromatic nitrogens is 2. The van der Waals surface area contributed by atoms with Crippen molar-refractivity contribution < 1.29 is 22.3 Å². The number of hydrogen-bond acceptors (Lipinski definition) is 6. The van der Waals surface area contributed by atoms with E-state index >= 15 is 0 Å². The standard InChI is InChI=1S/C11H8Cl2FN3O5S2/c1-16-9(15-10(18)22-2)5(14)4-17(11(16)19)24(20,21)6-3-7(12)23-8(6)13/h3-4H,1-2H3/b15-9+. The van der Waals surface area contributed by atoms with Crippen molar-refractivity contribution in [1.29, 1.82) is 0 Å². The van der Waals surface area contributed by atoms with Gasteiger partial charge in [0.25, 0.3) is 10.0 Å². The molecule has 13 heteroatoms. The van der Waals surface area contributed by atoms with Crippen LogP contribution in [0.2, 0.25) is 8.67 Å². The lowest BCUT2D eigenvalue weighted by molar-refractivity contribution is 0.181. The van der Waals surface area contributed by atoms with Crippen LogP contribution in [0.5, 0.6) is 0 Å². The van der Waals surface area contributed by atoms with Crippen LogP contribution in [0.25, 0.3) is 0 Å². The number of halogens is 3. The molecule has 0 bridgehead atoms. The van der Waals surface area contributed by atoms with Crippen LogP contribution in [0.4, 0.5) is 9.18 Å². The Morgan fingerprint density at radius 3 is 2.54 bits per heavy atom. The van der Waals surface area contributed by atoms with E-state index in [0.717, 1.165) is 31.6 Å². The summed E-state index contributed by atoms with van der Waals surface area (Å²) in [5, 5.41) is 0. The molecule has 0 aliphatic heterocycles. The van der Waals surface area contributed by atoms with Gasteiger partial charge in [-0.05, 0) is 6.07 Å². The minimum Gasteiger partial charge on any atom is -0.451 e. The largest absolute Gasteiger partial charge is 0.451 e. The summed E-state index contributed by atoms with van der Waals surface area (Å²) >= 11 is 12.3. The van der Waals surface area contributed by atoms with Gasteiger partial charge >= 0.3 is 11.8 Å². The molecule has 0 aromatic carbocycles. The topological polar surface area (TPSA) is 99.7 Å². The Labute approximate surface area is 148 Å². The highest BCUT2D eigenvalue weighted by atomic mass is 35.5. The van der Waals surface area contributed by atoms with E-state index in [0.29, 0.717) is 10.8 Å². The molecule has 0 saturated heterocycles. The summed E-state index contributed by atoms with van der Waals surface area (Å²) in [5.41, 5.74) is -1.86. The molecule has 0 saturated carbocycles. The Morgan fingerprint density at radius 1 is 1.42 bits per heavy atom. The van der Waals surface area contributed by atoms with Crippen molar-refractivity contribution in [3.05, 3.63) is 42.7 Å². The highest BCUT2D eigenvalue weighted by Crippen LogP contribution is 2.34. The van der Waals surface area contributed by atoms with Crippen LogP contribution in [-0.2, 0) is 21.8 Å². The normalized spacial score (nSPS) is 12.5. The van der Waals surface area contributed by atoms with E-state index in [1.807, 2.05) is 0 Å². The average molecular weight is 416 g/mol. The minimum absolute atomic E-state index is 0.0776. The smallest absolute Gasteiger partial charge is 0.435 e. The highest BCUT2D eigenvalue weighted by molar-refractivity contribution is 7.90. The van der Waals surface area contributed by atoms with Gasteiger partial charge in [-0.25, -0.2) is 22.4 Å². The van der Waals surface area contributed by atoms with E-state index in [1.165, 1.54) is 0 Å². The summed E-state index contributed by atoms with van der Waals surface area (Å²) in [5.74, 6) is -1.23. The second kappa shape index (κ2) is 6.67. The Hall–Kier alpha value is -1.69. The van der Waals surface area contributed by atoms with E-state index in [-0.39, 0.29) is 12.6 Å². The molecule has 1 amide bonds. The van der Waals surface area contributed by atoms with Gasteiger partial charge in [0.15, 0.2) is 11.3 Å². The number of hydrogen-bond donors (Lipinski definition) is 0. The van der Waals surface area contributed by atoms with Gasteiger partial charge in [-0.3, -0.25) is 4.57 Å². The first-order valence-electron chi connectivity index (χ1n) is 5.91. The number of thiophene rings is 1. The van der Waals surface area contributed by atoms with Gasteiger partial charge in [-0.1, -0.05) is 23.2 Å². The van der Waals surface area contributed by atoms with E-state index < -0.39 is 38.0 Å². The van der Waals surface area contributed by atoms with E-state index in [9.17, 15) is 22.4 Å². The molecule has 0 unspecified atom stereocenters. The van der Waals surface area contributed by atoms with Gasteiger partial charge in [-0.15, -0.1) is 11.3 Å². The lowest BCUT2D eigenvalue weighted by Gasteiger charge is -2.09. The monoisotopic (exact) mass is 415 g/mol. The predicted octanol–water partition coefficient (Wildman–Crippen LogP) is 1.60. The van der Waals surface area contributed by atoms with Gasteiger partial charge in [0.05, 0.1) is 17.6 Å². The maximum atomic E-state index is 14.1. The van der Waals surface area contributed by atoms with Crippen molar-refractivity contribution >= 4 is 50.7 Å². The molecule has 0 N–H and O–H groups in total. The highest BCUT2D eigenvalue weighted by Gasteiger charge is 2.26. The molecule has 2 aromatic rings. The molecule has 2 aromatic heterocycles.